The normalized spacial score (nSPS) is 16.9. The molecule has 3 rings (SSSR count). The average molecular weight is 351 g/mol. The number of aromatic amines is 1. The van der Waals surface area contributed by atoms with E-state index < -0.39 is 5.56 Å². The predicted molar refractivity (Wildman–Crippen MR) is 85.6 cm³/mol. The van der Waals surface area contributed by atoms with Crippen molar-refractivity contribution in [1.82, 2.24) is 20.1 Å². The van der Waals surface area contributed by atoms with Crippen LogP contribution in [0.1, 0.15) is 16.8 Å². The number of ether oxygens (including phenoxy) is 2. The summed E-state index contributed by atoms with van der Waals surface area (Å²) in [6.45, 7) is 0.965. The van der Waals surface area contributed by atoms with E-state index >= 15 is 0 Å². The van der Waals surface area contributed by atoms with Crippen LogP contribution in [-0.2, 0) is 0 Å². The minimum atomic E-state index is -0.422. The van der Waals surface area contributed by atoms with Crippen molar-refractivity contribution in [2.24, 2.45) is 0 Å². The highest BCUT2D eigenvalue weighted by Gasteiger charge is 2.29. The van der Waals surface area contributed by atoms with Crippen molar-refractivity contribution in [2.45, 2.75) is 12.5 Å². The number of methoxy groups -OCH3 is 1. The van der Waals surface area contributed by atoms with Gasteiger partial charge in [0.25, 0.3) is 11.5 Å². The first-order valence-corrected chi connectivity index (χ1v) is 7.66. The van der Waals surface area contributed by atoms with Crippen molar-refractivity contribution in [3.63, 3.8) is 0 Å². The van der Waals surface area contributed by atoms with E-state index in [9.17, 15) is 9.59 Å². The lowest BCUT2D eigenvalue weighted by Gasteiger charge is -2.17. The molecule has 1 fully saturated rings. The Morgan fingerprint density at radius 1 is 1.38 bits per heavy atom. The number of H-pyrrole nitrogens is 1. The van der Waals surface area contributed by atoms with Crippen LogP contribution in [0.2, 0.25) is 5.02 Å². The first kappa shape index (κ1) is 16.3. The number of halogens is 1. The van der Waals surface area contributed by atoms with E-state index in [1.807, 2.05) is 0 Å². The Morgan fingerprint density at radius 3 is 2.79 bits per heavy atom. The van der Waals surface area contributed by atoms with E-state index in [2.05, 4.69) is 15.2 Å². The quantitative estimate of drug-likeness (QED) is 0.887. The molecule has 126 valence electrons. The Kier molecular flexibility index (Phi) is 4.66. The molecule has 9 heteroatoms. The van der Waals surface area contributed by atoms with Crippen molar-refractivity contribution in [1.29, 1.82) is 0 Å². The minimum Gasteiger partial charge on any atom is -0.480 e. The molecule has 1 atom stereocenters. The summed E-state index contributed by atoms with van der Waals surface area (Å²) in [5.74, 6) is 0.572. The number of nitrogens with zero attached hydrogens (tertiary/aromatic N) is 3. The summed E-state index contributed by atoms with van der Waals surface area (Å²) in [5.41, 5.74) is -0.0848. The van der Waals surface area contributed by atoms with E-state index in [4.69, 9.17) is 21.1 Å². The number of amides is 1. The van der Waals surface area contributed by atoms with Crippen LogP contribution < -0.4 is 15.0 Å². The summed E-state index contributed by atoms with van der Waals surface area (Å²) in [7, 11) is 1.51. The second-order valence-electron chi connectivity index (χ2n) is 5.26. The number of carbonyl (C=O) groups excluding carboxylic acids is 1. The maximum atomic E-state index is 12.4. The zero-order valence-corrected chi connectivity index (χ0v) is 13.6. The van der Waals surface area contributed by atoms with Crippen molar-refractivity contribution >= 4 is 17.5 Å². The Balaban J connectivity index is 1.62. The smallest absolute Gasteiger partial charge is 0.266 e. The molecule has 1 aliphatic rings. The SMILES string of the molecule is COc1ccc(OC2CCN(C(=O)c3c[nH]c(=O)c(Cl)c3)C2)nn1. The monoisotopic (exact) mass is 350 g/mol. The number of pyridine rings is 1. The molecule has 0 spiro atoms. The number of aromatic nitrogens is 3. The van der Waals surface area contributed by atoms with Gasteiger partial charge in [-0.05, 0) is 6.07 Å². The molecule has 1 N–H and O–H groups in total. The zero-order valence-electron chi connectivity index (χ0n) is 12.9. The fourth-order valence-electron chi connectivity index (χ4n) is 2.42. The van der Waals surface area contributed by atoms with Crippen LogP contribution in [0.5, 0.6) is 11.8 Å². The molecule has 0 bridgehead atoms. The maximum Gasteiger partial charge on any atom is 0.266 e. The Bertz CT molecular complexity index is 793. The Morgan fingerprint density at radius 2 is 2.12 bits per heavy atom. The third-order valence-electron chi connectivity index (χ3n) is 3.65. The van der Waals surface area contributed by atoms with Crippen LogP contribution in [0.3, 0.4) is 0 Å². The fourth-order valence-corrected chi connectivity index (χ4v) is 2.59. The van der Waals surface area contributed by atoms with Gasteiger partial charge in [0.15, 0.2) is 0 Å². The van der Waals surface area contributed by atoms with Gasteiger partial charge in [0.05, 0.1) is 19.2 Å². The second kappa shape index (κ2) is 6.88. The number of likely N-dealkylation sites (tertiary alicyclic amines) is 1. The molecule has 1 aliphatic heterocycles. The molecular weight excluding hydrogens is 336 g/mol. The van der Waals surface area contributed by atoms with Crippen LogP contribution in [0.4, 0.5) is 0 Å². The molecule has 3 heterocycles. The standard InChI is InChI=1S/C15H15ClN4O4/c1-23-12-2-3-13(19-18-12)24-10-4-5-20(8-10)15(22)9-6-11(16)14(21)17-7-9/h2-3,6-7,10H,4-5,8H2,1H3,(H,17,21). The molecule has 0 saturated carbocycles. The number of nitrogens with one attached hydrogen (secondary N) is 1. The van der Waals surface area contributed by atoms with Gasteiger partial charge in [-0.1, -0.05) is 11.6 Å². The van der Waals surface area contributed by atoms with Gasteiger partial charge in [-0.15, -0.1) is 10.2 Å². The maximum absolute atomic E-state index is 12.4. The third kappa shape index (κ3) is 3.48. The summed E-state index contributed by atoms with van der Waals surface area (Å²) in [6.07, 6.45) is 1.87. The van der Waals surface area contributed by atoms with E-state index in [-0.39, 0.29) is 17.0 Å². The topological polar surface area (TPSA) is 97.4 Å². The third-order valence-corrected chi connectivity index (χ3v) is 3.93. The number of hydrogen-bond donors (Lipinski definition) is 1. The van der Waals surface area contributed by atoms with Gasteiger partial charge >= 0.3 is 0 Å². The number of carbonyl (C=O) groups is 1. The Hall–Kier alpha value is -2.61. The molecule has 1 saturated heterocycles. The van der Waals surface area contributed by atoms with E-state index in [0.717, 1.165) is 0 Å². The van der Waals surface area contributed by atoms with Crippen LogP contribution in [0.15, 0.2) is 29.2 Å². The predicted octanol–water partition coefficient (Wildman–Crippen LogP) is 1.12. The highest BCUT2D eigenvalue weighted by molar-refractivity contribution is 6.30. The van der Waals surface area contributed by atoms with E-state index in [1.165, 1.54) is 19.4 Å². The van der Waals surface area contributed by atoms with Crippen LogP contribution in [0.25, 0.3) is 0 Å². The number of hydrogen-bond acceptors (Lipinski definition) is 6. The van der Waals surface area contributed by atoms with Gasteiger partial charge in [-0.25, -0.2) is 0 Å². The summed E-state index contributed by atoms with van der Waals surface area (Å²) in [4.78, 5) is 27.8. The molecule has 0 aliphatic carbocycles. The molecule has 1 unspecified atom stereocenters. The van der Waals surface area contributed by atoms with Gasteiger partial charge in [0.2, 0.25) is 11.8 Å². The lowest BCUT2D eigenvalue weighted by molar-refractivity contribution is 0.0770. The van der Waals surface area contributed by atoms with Gasteiger partial charge in [0.1, 0.15) is 11.1 Å². The van der Waals surface area contributed by atoms with Gasteiger partial charge in [0, 0.05) is 31.3 Å². The molecule has 2 aromatic heterocycles. The van der Waals surface area contributed by atoms with Gasteiger partial charge < -0.3 is 19.4 Å². The summed E-state index contributed by atoms with van der Waals surface area (Å²) in [6, 6.07) is 4.69. The molecule has 8 nitrogen and oxygen atoms in total. The highest BCUT2D eigenvalue weighted by Crippen LogP contribution is 2.19. The summed E-state index contributed by atoms with van der Waals surface area (Å²) >= 11 is 5.76. The van der Waals surface area contributed by atoms with Crippen LogP contribution in [-0.4, -0.2) is 52.3 Å². The summed E-state index contributed by atoms with van der Waals surface area (Å²) in [5, 5.41) is 7.72. The Labute approximate surface area is 142 Å². The van der Waals surface area contributed by atoms with Crippen molar-refractivity contribution in [3.05, 3.63) is 45.3 Å². The first-order chi connectivity index (χ1) is 11.6. The van der Waals surface area contributed by atoms with Crippen molar-refractivity contribution < 1.29 is 14.3 Å². The molecule has 0 radical (unpaired) electrons. The second-order valence-corrected chi connectivity index (χ2v) is 5.67. The van der Waals surface area contributed by atoms with Gasteiger partial charge in [-0.3, -0.25) is 9.59 Å². The zero-order chi connectivity index (χ0) is 17.1. The van der Waals surface area contributed by atoms with Crippen LogP contribution >= 0.6 is 11.6 Å². The molecule has 0 aromatic carbocycles. The van der Waals surface area contributed by atoms with Crippen LogP contribution in [0, 0.1) is 0 Å². The average Bonchev–Trinajstić information content (AvgIpc) is 3.06. The van der Waals surface area contributed by atoms with E-state index in [0.29, 0.717) is 36.8 Å². The molecule has 1 amide bonds. The molecule has 2 aromatic rings. The van der Waals surface area contributed by atoms with E-state index in [1.54, 1.807) is 17.0 Å². The highest BCUT2D eigenvalue weighted by atomic mass is 35.5. The molecule has 24 heavy (non-hydrogen) atoms. The number of rotatable bonds is 4. The molecular formula is C15H15ClN4O4. The fraction of sp³-hybridized carbons (Fsp3) is 0.333. The lowest BCUT2D eigenvalue weighted by atomic mass is 10.2. The largest absolute Gasteiger partial charge is 0.480 e. The first-order valence-electron chi connectivity index (χ1n) is 7.28. The van der Waals surface area contributed by atoms with Crippen molar-refractivity contribution in [2.75, 3.05) is 20.2 Å². The lowest BCUT2D eigenvalue weighted by Crippen LogP contribution is -2.31. The summed E-state index contributed by atoms with van der Waals surface area (Å²) < 4.78 is 10.7. The van der Waals surface area contributed by atoms with Gasteiger partial charge in [-0.2, -0.15) is 0 Å². The minimum absolute atomic E-state index is 0.0126. The van der Waals surface area contributed by atoms with Crippen molar-refractivity contribution in [3.8, 4) is 11.8 Å².